The normalized spacial score (nSPS) is 14.0. The van der Waals surface area contributed by atoms with Crippen LogP contribution < -0.4 is 14.8 Å². The largest absolute Gasteiger partial charge is 0.490 e. The van der Waals surface area contributed by atoms with Crippen LogP contribution in [0.25, 0.3) is 0 Å². The van der Waals surface area contributed by atoms with Gasteiger partial charge in [-0.1, -0.05) is 42.1 Å². The molecule has 7 heteroatoms. The Morgan fingerprint density at radius 2 is 1.86 bits per heavy atom. The van der Waals surface area contributed by atoms with Gasteiger partial charge in [0.05, 0.1) is 11.1 Å². The summed E-state index contributed by atoms with van der Waals surface area (Å²) in [5.41, 5.74) is 2.05. The van der Waals surface area contributed by atoms with Crippen molar-refractivity contribution in [3.05, 3.63) is 56.0 Å². The van der Waals surface area contributed by atoms with Gasteiger partial charge in [0.15, 0.2) is 11.5 Å². The quantitative estimate of drug-likeness (QED) is 0.409. The summed E-state index contributed by atoms with van der Waals surface area (Å²) < 4.78 is 12.7. The van der Waals surface area contributed by atoms with Crippen LogP contribution in [0.1, 0.15) is 43.7 Å². The zero-order valence-electron chi connectivity index (χ0n) is 15.8. The van der Waals surface area contributed by atoms with Crippen molar-refractivity contribution in [1.29, 1.82) is 0 Å². The first-order valence-corrected chi connectivity index (χ1v) is 10.9. The monoisotopic (exact) mass is 507 g/mol. The van der Waals surface area contributed by atoms with E-state index >= 15 is 0 Å². The van der Waals surface area contributed by atoms with Gasteiger partial charge in [-0.3, -0.25) is 0 Å². The summed E-state index contributed by atoms with van der Waals surface area (Å²) in [5.74, 6) is 1.42. The highest BCUT2D eigenvalue weighted by Crippen LogP contribution is 2.38. The molecule has 1 aliphatic rings. The summed E-state index contributed by atoms with van der Waals surface area (Å²) in [5, 5.41) is 4.84. The Balaban J connectivity index is 0.00000280. The van der Waals surface area contributed by atoms with Gasteiger partial charge in [-0.25, -0.2) is 0 Å². The molecule has 0 unspecified atom stereocenters. The highest BCUT2D eigenvalue weighted by atomic mass is 79.9. The zero-order valence-corrected chi connectivity index (χ0v) is 19.7. The summed E-state index contributed by atoms with van der Waals surface area (Å²) >= 11 is 15.8. The summed E-state index contributed by atoms with van der Waals surface area (Å²) in [6.07, 6.45) is 5.18. The molecule has 0 aromatic heterocycles. The number of hydrogen-bond donors (Lipinski definition) is 1. The molecule has 1 fully saturated rings. The summed E-state index contributed by atoms with van der Waals surface area (Å²) in [6.45, 7) is 3.71. The van der Waals surface area contributed by atoms with E-state index in [1.807, 2.05) is 19.1 Å². The van der Waals surface area contributed by atoms with Crippen LogP contribution in [0.5, 0.6) is 11.5 Å². The third-order valence-corrected chi connectivity index (χ3v) is 5.88. The molecule has 0 atom stereocenters. The molecule has 28 heavy (non-hydrogen) atoms. The molecule has 0 aliphatic heterocycles. The number of benzene rings is 2. The van der Waals surface area contributed by atoms with E-state index in [1.165, 1.54) is 31.2 Å². The van der Waals surface area contributed by atoms with Gasteiger partial charge in [-0.15, -0.1) is 12.4 Å². The predicted molar refractivity (Wildman–Crippen MR) is 122 cm³/mol. The molecule has 0 amide bonds. The Hall–Kier alpha value is -0.650. The maximum atomic E-state index is 6.25. The van der Waals surface area contributed by atoms with Crippen LogP contribution in [0.2, 0.25) is 10.0 Å². The minimum Gasteiger partial charge on any atom is -0.490 e. The zero-order chi connectivity index (χ0) is 19.2. The lowest BCUT2D eigenvalue weighted by Crippen LogP contribution is -2.25. The van der Waals surface area contributed by atoms with Crippen LogP contribution in [0.15, 0.2) is 34.8 Å². The van der Waals surface area contributed by atoms with Gasteiger partial charge < -0.3 is 14.8 Å². The lowest BCUT2D eigenvalue weighted by atomic mass is 10.1. The lowest BCUT2D eigenvalue weighted by molar-refractivity contribution is 0.267. The number of ether oxygens (including phenoxy) is 2. The van der Waals surface area contributed by atoms with Gasteiger partial charge in [0.1, 0.15) is 6.61 Å². The molecular formula is C21H25BrCl3NO2. The van der Waals surface area contributed by atoms with Crippen molar-refractivity contribution in [2.45, 2.75) is 51.8 Å². The fraction of sp³-hybridized carbons (Fsp3) is 0.429. The Bertz CT molecular complexity index is 782. The van der Waals surface area contributed by atoms with E-state index in [1.54, 1.807) is 6.07 Å². The van der Waals surface area contributed by atoms with E-state index in [2.05, 4.69) is 33.4 Å². The van der Waals surface area contributed by atoms with Gasteiger partial charge in [0, 0.05) is 28.2 Å². The van der Waals surface area contributed by atoms with Gasteiger partial charge in [0.25, 0.3) is 0 Å². The fourth-order valence-electron chi connectivity index (χ4n) is 3.31. The molecule has 0 bridgehead atoms. The topological polar surface area (TPSA) is 30.5 Å². The first kappa shape index (κ1) is 23.6. The van der Waals surface area contributed by atoms with E-state index in [9.17, 15) is 0 Å². The third-order valence-electron chi connectivity index (χ3n) is 4.71. The van der Waals surface area contributed by atoms with E-state index in [4.69, 9.17) is 32.7 Å². The van der Waals surface area contributed by atoms with Crippen molar-refractivity contribution in [2.24, 2.45) is 0 Å². The van der Waals surface area contributed by atoms with Crippen LogP contribution >= 0.6 is 51.5 Å². The molecule has 154 valence electrons. The maximum Gasteiger partial charge on any atom is 0.175 e. The van der Waals surface area contributed by atoms with E-state index in [-0.39, 0.29) is 12.4 Å². The van der Waals surface area contributed by atoms with Crippen LogP contribution in [-0.4, -0.2) is 12.6 Å². The Morgan fingerprint density at radius 3 is 2.54 bits per heavy atom. The number of rotatable bonds is 8. The molecule has 1 aliphatic carbocycles. The molecule has 1 N–H and O–H groups in total. The van der Waals surface area contributed by atoms with Gasteiger partial charge >= 0.3 is 0 Å². The smallest absolute Gasteiger partial charge is 0.175 e. The predicted octanol–water partition coefficient (Wildman–Crippen LogP) is 7.19. The molecule has 0 heterocycles. The molecule has 1 saturated carbocycles. The molecular weight excluding hydrogens is 484 g/mol. The van der Waals surface area contributed by atoms with Crippen LogP contribution in [0, 0.1) is 0 Å². The molecule has 0 radical (unpaired) electrons. The second-order valence-electron chi connectivity index (χ2n) is 6.72. The van der Waals surface area contributed by atoms with Crippen molar-refractivity contribution in [1.82, 2.24) is 5.32 Å². The Kier molecular flexibility index (Phi) is 9.72. The lowest BCUT2D eigenvalue weighted by Gasteiger charge is -2.17. The minimum atomic E-state index is 0. The second kappa shape index (κ2) is 11.5. The van der Waals surface area contributed by atoms with Crippen molar-refractivity contribution < 1.29 is 9.47 Å². The van der Waals surface area contributed by atoms with E-state index < -0.39 is 0 Å². The Morgan fingerprint density at radius 1 is 1.11 bits per heavy atom. The van der Waals surface area contributed by atoms with E-state index in [0.29, 0.717) is 35.1 Å². The SMILES string of the molecule is CCOc1cc(CNC2CCCC2)cc(Br)c1OCc1ccc(Cl)cc1Cl.Cl. The standard InChI is InChI=1S/C21H24BrCl2NO2.ClH/c1-2-26-20-10-14(12-25-17-5-3-4-6-17)9-18(22)21(20)27-13-15-7-8-16(23)11-19(15)24;/h7-11,17,25H,2-6,12-13H2,1H3;1H. The Labute approximate surface area is 191 Å². The highest BCUT2D eigenvalue weighted by Gasteiger charge is 2.16. The second-order valence-corrected chi connectivity index (χ2v) is 8.42. The first-order valence-electron chi connectivity index (χ1n) is 9.32. The molecule has 3 nitrogen and oxygen atoms in total. The molecule has 3 rings (SSSR count). The molecule has 2 aromatic carbocycles. The van der Waals surface area contributed by atoms with Crippen LogP contribution in [0.4, 0.5) is 0 Å². The number of hydrogen-bond acceptors (Lipinski definition) is 3. The third kappa shape index (κ3) is 6.43. The van der Waals surface area contributed by atoms with Gasteiger partial charge in [-0.05, 0) is 65.5 Å². The van der Waals surface area contributed by atoms with Crippen LogP contribution in [0.3, 0.4) is 0 Å². The van der Waals surface area contributed by atoms with E-state index in [0.717, 1.165) is 22.3 Å². The molecule has 0 spiro atoms. The van der Waals surface area contributed by atoms with Gasteiger partial charge in [0.2, 0.25) is 0 Å². The highest BCUT2D eigenvalue weighted by molar-refractivity contribution is 9.10. The van der Waals surface area contributed by atoms with Crippen molar-refractivity contribution in [3.63, 3.8) is 0 Å². The maximum absolute atomic E-state index is 6.25. The average molecular weight is 510 g/mol. The van der Waals surface area contributed by atoms with Crippen LogP contribution in [-0.2, 0) is 13.2 Å². The van der Waals surface area contributed by atoms with Crippen molar-refractivity contribution >= 4 is 51.5 Å². The van der Waals surface area contributed by atoms with Gasteiger partial charge in [-0.2, -0.15) is 0 Å². The average Bonchev–Trinajstić information content (AvgIpc) is 3.14. The summed E-state index contributed by atoms with van der Waals surface area (Å²) in [6, 6.07) is 10.2. The first-order chi connectivity index (χ1) is 13.1. The molecule has 0 saturated heterocycles. The fourth-order valence-corrected chi connectivity index (χ4v) is 4.37. The van der Waals surface area contributed by atoms with Crippen molar-refractivity contribution in [3.8, 4) is 11.5 Å². The van der Waals surface area contributed by atoms with Crippen molar-refractivity contribution in [2.75, 3.05) is 6.61 Å². The molecule has 2 aromatic rings. The number of halogens is 4. The summed E-state index contributed by atoms with van der Waals surface area (Å²) in [7, 11) is 0. The number of nitrogens with one attached hydrogen (secondary N) is 1. The summed E-state index contributed by atoms with van der Waals surface area (Å²) in [4.78, 5) is 0. The minimum absolute atomic E-state index is 0.